The molecule has 4 heteroatoms. The van der Waals surface area contributed by atoms with E-state index in [1.54, 1.807) is 0 Å². The van der Waals surface area contributed by atoms with Crippen LogP contribution in [0.2, 0.25) is 0 Å². The average molecular weight is 1030 g/mol. The van der Waals surface area contributed by atoms with Gasteiger partial charge in [-0.2, -0.15) is 0 Å². The fourth-order valence-electron chi connectivity index (χ4n) is 13.9. The van der Waals surface area contributed by atoms with E-state index < -0.39 is 13.5 Å². The van der Waals surface area contributed by atoms with Gasteiger partial charge in [-0.05, 0) is 121 Å². The van der Waals surface area contributed by atoms with E-state index in [-0.39, 0.29) is 0 Å². The molecule has 1 aromatic heterocycles. The van der Waals surface area contributed by atoms with Crippen molar-refractivity contribution in [1.82, 2.24) is 15.0 Å². The molecule has 0 amide bonds. The van der Waals surface area contributed by atoms with Gasteiger partial charge in [-0.1, -0.05) is 285 Å². The molecule has 0 bridgehead atoms. The Morgan fingerprint density at radius 2 is 0.600 bits per heavy atom. The summed E-state index contributed by atoms with van der Waals surface area (Å²) in [6.45, 7) is 0. The lowest BCUT2D eigenvalue weighted by Gasteiger charge is -2.34. The number of hydrogen-bond acceptors (Lipinski definition) is 3. The molecule has 0 atom stereocenters. The van der Waals surface area contributed by atoms with E-state index in [1.165, 1.54) is 97.7 Å². The smallest absolute Gasteiger partial charge is 0.179 e. The molecule has 0 aliphatic heterocycles. The van der Waals surface area contributed by atoms with Crippen molar-refractivity contribution >= 4 is 61.1 Å². The van der Waals surface area contributed by atoms with Crippen LogP contribution >= 0.6 is 0 Å². The summed E-state index contributed by atoms with van der Waals surface area (Å²) in [6, 6.07) is 109. The number of hydrogen-bond donors (Lipinski definition) is 0. The first kappa shape index (κ1) is 46.0. The zero-order valence-electron chi connectivity index (χ0n) is 43.6. The summed E-state index contributed by atoms with van der Waals surface area (Å²) in [5.41, 5.74) is 14.8. The molecule has 0 saturated heterocycles. The van der Waals surface area contributed by atoms with Crippen molar-refractivity contribution in [3.63, 3.8) is 0 Å². The molecule has 80 heavy (non-hydrogen) atoms. The minimum Gasteiger partial charge on any atom is -0.208 e. The molecule has 2 aliphatic rings. The summed E-state index contributed by atoms with van der Waals surface area (Å²) >= 11 is 0. The van der Waals surface area contributed by atoms with Gasteiger partial charge in [-0.3, -0.25) is 0 Å². The van der Waals surface area contributed by atoms with Crippen LogP contribution < -0.4 is 20.7 Å². The summed E-state index contributed by atoms with van der Waals surface area (Å²) in [5, 5.41) is 12.6. The maximum atomic E-state index is 5.52. The third kappa shape index (κ3) is 6.76. The van der Waals surface area contributed by atoms with Gasteiger partial charge in [0.15, 0.2) is 25.5 Å². The molecule has 3 nitrogen and oxygen atoms in total. The van der Waals surface area contributed by atoms with Crippen LogP contribution in [0.4, 0.5) is 0 Å². The van der Waals surface area contributed by atoms with Gasteiger partial charge < -0.3 is 0 Å². The van der Waals surface area contributed by atoms with Crippen LogP contribution in [0.15, 0.2) is 297 Å². The highest BCUT2D eigenvalue weighted by molar-refractivity contribution is 7.19. The Kier molecular flexibility index (Phi) is 10.5. The molecule has 14 aromatic rings. The zero-order chi connectivity index (χ0) is 52.8. The van der Waals surface area contributed by atoms with Gasteiger partial charge in [0.1, 0.15) is 0 Å². The highest BCUT2D eigenvalue weighted by atomic mass is 28.3. The lowest BCUT2D eigenvalue weighted by molar-refractivity contribution is 0.794. The molecular formula is C76H49N3Si. The van der Waals surface area contributed by atoms with E-state index in [0.29, 0.717) is 17.5 Å². The van der Waals surface area contributed by atoms with Crippen LogP contribution in [0.5, 0.6) is 0 Å². The predicted octanol–water partition coefficient (Wildman–Crippen LogP) is 15.7. The van der Waals surface area contributed by atoms with E-state index in [2.05, 4.69) is 291 Å². The van der Waals surface area contributed by atoms with E-state index in [4.69, 9.17) is 15.0 Å². The third-order valence-corrected chi connectivity index (χ3v) is 22.1. The maximum Gasteiger partial charge on any atom is 0.179 e. The Hall–Kier alpha value is -10.1. The second-order valence-corrected chi connectivity index (χ2v) is 25.1. The van der Waals surface area contributed by atoms with Gasteiger partial charge >= 0.3 is 0 Å². The highest BCUT2D eigenvalue weighted by Gasteiger charge is 2.52. The minimum atomic E-state index is -2.68. The lowest BCUT2D eigenvalue weighted by atomic mass is 9.70. The Bertz CT molecular complexity index is 4610. The molecule has 372 valence electrons. The fraction of sp³-hybridized carbons (Fsp3) is 0.0132. The lowest BCUT2D eigenvalue weighted by Crippen LogP contribution is -2.74. The van der Waals surface area contributed by atoms with Crippen LogP contribution in [0.25, 0.3) is 99.9 Å². The second kappa shape index (κ2) is 18.2. The molecule has 0 saturated carbocycles. The van der Waals surface area contributed by atoms with Gasteiger partial charge in [0.25, 0.3) is 0 Å². The van der Waals surface area contributed by atoms with Crippen LogP contribution in [0, 0.1) is 0 Å². The summed E-state index contributed by atoms with van der Waals surface area (Å²) in [4.78, 5) is 16.2. The highest BCUT2D eigenvalue weighted by Crippen LogP contribution is 2.64. The van der Waals surface area contributed by atoms with Gasteiger partial charge in [0, 0.05) is 16.7 Å². The fourth-order valence-corrected chi connectivity index (χ4v) is 18.7. The van der Waals surface area contributed by atoms with Gasteiger partial charge in [0.2, 0.25) is 0 Å². The van der Waals surface area contributed by atoms with Gasteiger partial charge in [-0.15, -0.1) is 0 Å². The molecule has 1 spiro atoms. The molecule has 0 radical (unpaired) electrons. The Labute approximate surface area is 465 Å². The monoisotopic (exact) mass is 1030 g/mol. The number of benzene rings is 13. The van der Waals surface area contributed by atoms with Crippen molar-refractivity contribution in [1.29, 1.82) is 0 Å². The Morgan fingerprint density at radius 3 is 1.19 bits per heavy atom. The molecule has 0 unspecified atom stereocenters. The van der Waals surface area contributed by atoms with Gasteiger partial charge in [0.05, 0.1) is 5.41 Å². The summed E-state index contributed by atoms with van der Waals surface area (Å²) in [6.07, 6.45) is 0. The van der Waals surface area contributed by atoms with Crippen molar-refractivity contribution in [2.75, 3.05) is 0 Å². The molecule has 1 heterocycles. The van der Waals surface area contributed by atoms with E-state index >= 15 is 0 Å². The number of fused-ring (bicyclic) bond motifs is 16. The first-order valence-electron chi connectivity index (χ1n) is 27.6. The molecule has 0 fully saturated rings. The Balaban J connectivity index is 0.855. The predicted molar refractivity (Wildman–Crippen MR) is 334 cm³/mol. The molecule has 13 aromatic carbocycles. The maximum absolute atomic E-state index is 5.52. The number of rotatable bonds is 8. The van der Waals surface area contributed by atoms with E-state index in [1.807, 2.05) is 6.07 Å². The number of aromatic nitrogens is 3. The summed E-state index contributed by atoms with van der Waals surface area (Å²) in [7, 11) is -2.68. The van der Waals surface area contributed by atoms with Crippen LogP contribution in [-0.4, -0.2) is 23.0 Å². The largest absolute Gasteiger partial charge is 0.208 e. The number of nitrogens with zero attached hydrogens (tertiary/aromatic N) is 3. The Morgan fingerprint density at radius 1 is 0.225 bits per heavy atom. The first-order chi connectivity index (χ1) is 39.7. The topological polar surface area (TPSA) is 38.7 Å². The van der Waals surface area contributed by atoms with Crippen molar-refractivity contribution < 1.29 is 0 Å². The normalized spacial score (nSPS) is 12.8. The van der Waals surface area contributed by atoms with Crippen LogP contribution in [0.1, 0.15) is 22.3 Å². The van der Waals surface area contributed by atoms with Crippen LogP contribution in [-0.2, 0) is 5.41 Å². The van der Waals surface area contributed by atoms with Crippen molar-refractivity contribution in [2.24, 2.45) is 0 Å². The van der Waals surface area contributed by atoms with E-state index in [9.17, 15) is 0 Å². The summed E-state index contributed by atoms with van der Waals surface area (Å²) < 4.78 is 0. The molecular weight excluding hydrogens is 983 g/mol. The summed E-state index contributed by atoms with van der Waals surface area (Å²) in [5.74, 6) is 1.91. The standard InChI is InChI=1S/C76H49N3Si/c1-5-22-51(23-6-1)73-77-74(79-75(78-73)65-35-21-39-71-72(65)64-34-17-20-38-70(64)76(71)68-36-18-15-32-62(68)63-33-16-19-37-69(63)76)53-43-47-61-66-48-52(42-46-60(66)58-30-13-14-31-59(58)67(61)49-53)50-40-44-57(45-41-50)80(54-24-7-2-8-25-54,55-26-9-3-10-27-55)56-28-11-4-12-29-56/h1-49H. The molecule has 0 N–H and O–H groups in total. The average Bonchev–Trinajstić information content (AvgIpc) is 3.87. The van der Waals surface area contributed by atoms with E-state index in [0.717, 1.165) is 27.6 Å². The first-order valence-corrected chi connectivity index (χ1v) is 29.6. The van der Waals surface area contributed by atoms with Gasteiger partial charge in [-0.25, -0.2) is 15.0 Å². The van der Waals surface area contributed by atoms with Crippen molar-refractivity contribution in [3.05, 3.63) is 320 Å². The molecule has 16 rings (SSSR count). The third-order valence-electron chi connectivity index (χ3n) is 17.3. The van der Waals surface area contributed by atoms with Crippen molar-refractivity contribution in [2.45, 2.75) is 5.41 Å². The van der Waals surface area contributed by atoms with Crippen LogP contribution in [0.3, 0.4) is 0 Å². The quantitative estimate of drug-likeness (QED) is 0.0865. The minimum absolute atomic E-state index is 0.487. The molecule has 2 aliphatic carbocycles. The second-order valence-electron chi connectivity index (χ2n) is 21.3. The SMILES string of the molecule is c1ccc(-c2nc(-c3ccc4c5cc(-c6ccc([Si](c7ccccc7)(c7ccccc7)c7ccccc7)cc6)ccc5c5ccccc5c4c3)nc(-c3cccc4c3-c3ccccc3C43c4ccccc4-c4ccccc43)n2)cc1. The zero-order valence-corrected chi connectivity index (χ0v) is 44.6. The van der Waals surface area contributed by atoms with Crippen molar-refractivity contribution in [3.8, 4) is 67.5 Å².